The average Bonchev–Trinajstić information content (AvgIpc) is 0.713. The molecular weight excluding hydrogens is 1600 g/mol. The SMILES string of the molecule is O=S(=O)(Oc1ccc2ccccc2c1-c1ccc(-c2nc(-c3ccccc3)nc(-c3ccccc3)n2)cc1)C(F)(F)C(F)(F)C(F)(F)C(F)(F)F.OB(O)c1ccc2c3ccccc3c3ccccc3c2c1.c1ccc(-c2nc(-c3ccccc3)nc(-c3ccc(-c4c(-c5ccc6c7ccccc7c7ccccc7c6c5)ccc5ccccc45)cc3)n2)cc1. The van der Waals surface area contributed by atoms with Gasteiger partial charge in [-0.3, -0.25) is 0 Å². The largest absolute Gasteiger partial charge is 0.488 e. The minimum Gasteiger partial charge on any atom is -0.423 e. The summed E-state index contributed by atoms with van der Waals surface area (Å²) in [7, 11) is -8.66. The fraction of sp³-hybridized carbons (Fsp3) is 0.0392. The quantitative estimate of drug-likeness (QED) is 0.0435. The minimum atomic E-state index is -7.46. The zero-order valence-corrected chi connectivity index (χ0v) is 65.8. The number of halogens is 9. The second-order valence-corrected chi connectivity index (χ2v) is 31.0. The van der Waals surface area contributed by atoms with Crippen molar-refractivity contribution in [3.05, 3.63) is 376 Å². The highest BCUT2D eigenvalue weighted by molar-refractivity contribution is 7.88. The van der Waals surface area contributed by atoms with Gasteiger partial charge in [0.15, 0.2) is 40.7 Å². The van der Waals surface area contributed by atoms with Crippen molar-refractivity contribution in [2.24, 2.45) is 0 Å². The van der Waals surface area contributed by atoms with Crippen LogP contribution in [-0.4, -0.2) is 78.8 Å². The summed E-state index contributed by atoms with van der Waals surface area (Å²) in [6, 6.07) is 120. The molecule has 2 aromatic heterocycles. The predicted molar refractivity (Wildman–Crippen MR) is 475 cm³/mol. The van der Waals surface area contributed by atoms with E-state index in [1.807, 2.05) is 109 Å². The summed E-state index contributed by atoms with van der Waals surface area (Å²) in [5.41, 5.74) is 9.60. The van der Waals surface area contributed by atoms with Crippen molar-refractivity contribution in [2.45, 2.75) is 23.3 Å². The second-order valence-electron chi connectivity index (χ2n) is 29.4. The molecule has 0 unspecified atom stereocenters. The third-order valence-corrected chi connectivity index (χ3v) is 23.1. The van der Waals surface area contributed by atoms with Crippen LogP contribution in [0, 0.1) is 0 Å². The van der Waals surface area contributed by atoms with E-state index in [0.717, 1.165) is 50.5 Å². The van der Waals surface area contributed by atoms with Crippen molar-refractivity contribution in [2.75, 3.05) is 0 Å². The molecule has 22 heteroatoms. The Bertz CT molecular complexity index is 7420. The lowest BCUT2D eigenvalue weighted by atomic mass is 9.78. The van der Waals surface area contributed by atoms with Crippen LogP contribution < -0.4 is 9.65 Å². The van der Waals surface area contributed by atoms with Crippen LogP contribution >= 0.6 is 0 Å². The highest BCUT2D eigenvalue weighted by atomic mass is 32.2. The van der Waals surface area contributed by atoms with E-state index in [2.05, 4.69) is 171 Å². The fourth-order valence-corrected chi connectivity index (χ4v) is 16.7. The lowest BCUT2D eigenvalue weighted by Crippen LogP contribution is -2.63. The number of hydrogen-bond acceptors (Lipinski definition) is 11. The summed E-state index contributed by atoms with van der Waals surface area (Å²) in [5, 5.41) is 29.3. The molecule has 0 bridgehead atoms. The third kappa shape index (κ3) is 15.0. The van der Waals surface area contributed by atoms with Crippen LogP contribution in [0.15, 0.2) is 376 Å². The van der Waals surface area contributed by atoms with Crippen LogP contribution in [0.2, 0.25) is 0 Å². The molecule has 18 aromatic carbocycles. The molecule has 0 saturated carbocycles. The first-order valence-electron chi connectivity index (χ1n) is 39.1. The molecule has 0 aliphatic heterocycles. The molecule has 0 radical (unpaired) electrons. The summed E-state index contributed by atoms with van der Waals surface area (Å²) in [6.45, 7) is 0. The Morgan fingerprint density at radius 1 is 0.250 bits per heavy atom. The van der Waals surface area contributed by atoms with Crippen molar-refractivity contribution in [1.29, 1.82) is 0 Å². The van der Waals surface area contributed by atoms with Crippen LogP contribution in [0.4, 0.5) is 39.5 Å². The minimum absolute atomic E-state index is 0.0528. The van der Waals surface area contributed by atoms with Gasteiger partial charge in [-0.1, -0.05) is 364 Å². The molecular formula is C102H64BF9N6O5S. The van der Waals surface area contributed by atoms with Gasteiger partial charge in [0.1, 0.15) is 0 Å². The Morgan fingerprint density at radius 3 is 0.887 bits per heavy atom. The van der Waals surface area contributed by atoms with Crippen molar-refractivity contribution >= 4 is 109 Å². The van der Waals surface area contributed by atoms with Gasteiger partial charge in [-0.15, -0.1) is 0 Å². The molecule has 11 nitrogen and oxygen atoms in total. The second kappa shape index (κ2) is 32.6. The number of rotatable bonds is 15. The lowest BCUT2D eigenvalue weighted by molar-refractivity contribution is -0.382. The molecule has 20 aromatic rings. The molecule has 0 atom stereocenters. The summed E-state index contributed by atoms with van der Waals surface area (Å²) >= 11 is 0. The first-order valence-corrected chi connectivity index (χ1v) is 40.6. The average molecular weight is 1670 g/mol. The smallest absolute Gasteiger partial charge is 0.423 e. The van der Waals surface area contributed by atoms with E-state index in [-0.39, 0.29) is 22.3 Å². The third-order valence-electron chi connectivity index (χ3n) is 21.8. The van der Waals surface area contributed by atoms with Crippen molar-refractivity contribution < 1.29 is 62.2 Å². The zero-order chi connectivity index (χ0) is 85.7. The molecule has 20 rings (SSSR count). The molecule has 604 valence electrons. The maximum absolute atomic E-state index is 14.6. The van der Waals surface area contributed by atoms with Gasteiger partial charge < -0.3 is 14.2 Å². The Morgan fingerprint density at radius 2 is 0.524 bits per heavy atom. The molecule has 2 heterocycles. The van der Waals surface area contributed by atoms with E-state index >= 15 is 0 Å². The van der Waals surface area contributed by atoms with E-state index in [4.69, 9.17) is 15.0 Å². The van der Waals surface area contributed by atoms with Gasteiger partial charge in [0.2, 0.25) is 0 Å². The van der Waals surface area contributed by atoms with Crippen LogP contribution in [-0.2, 0) is 10.1 Å². The maximum Gasteiger partial charge on any atom is 0.488 e. The highest BCUT2D eigenvalue weighted by Gasteiger charge is 2.86. The van der Waals surface area contributed by atoms with Crippen molar-refractivity contribution in [3.8, 4) is 107 Å². The Kier molecular flexibility index (Phi) is 21.1. The van der Waals surface area contributed by atoms with Gasteiger partial charge in [0, 0.05) is 38.9 Å². The molecule has 2 N–H and O–H groups in total. The van der Waals surface area contributed by atoms with E-state index in [1.54, 1.807) is 60.7 Å². The van der Waals surface area contributed by atoms with Crippen LogP contribution in [0.1, 0.15) is 0 Å². The van der Waals surface area contributed by atoms with E-state index in [1.165, 1.54) is 118 Å². The summed E-state index contributed by atoms with van der Waals surface area (Å²) in [6.07, 6.45) is -7.23. The number of benzene rings is 18. The normalized spacial score (nSPS) is 12.1. The number of hydrogen-bond donors (Lipinski definition) is 2. The first-order chi connectivity index (χ1) is 60.0. The lowest BCUT2D eigenvalue weighted by Gasteiger charge is -2.32. The summed E-state index contributed by atoms with van der Waals surface area (Å²) in [5.74, 6) is -13.2. The van der Waals surface area contributed by atoms with Crippen LogP contribution in [0.3, 0.4) is 0 Å². The number of nitrogens with zero attached hydrogens (tertiary/aromatic N) is 6. The zero-order valence-electron chi connectivity index (χ0n) is 65.0. The number of aromatic nitrogens is 6. The van der Waals surface area contributed by atoms with Gasteiger partial charge in [-0.2, -0.15) is 47.9 Å². The van der Waals surface area contributed by atoms with E-state index < -0.39 is 46.3 Å². The Labute approximate surface area is 703 Å². The van der Waals surface area contributed by atoms with Crippen molar-refractivity contribution in [1.82, 2.24) is 29.9 Å². The molecule has 124 heavy (non-hydrogen) atoms. The van der Waals surface area contributed by atoms with Gasteiger partial charge >= 0.3 is 40.5 Å². The van der Waals surface area contributed by atoms with Gasteiger partial charge in [-0.05, 0) is 132 Å². The molecule has 0 aliphatic rings. The summed E-state index contributed by atoms with van der Waals surface area (Å²) in [4.78, 5) is 28.6. The maximum atomic E-state index is 14.6. The Hall–Kier alpha value is -14.8. The number of alkyl halides is 9. The number of fused-ring (bicyclic) bond motifs is 14. The topological polar surface area (TPSA) is 161 Å². The van der Waals surface area contributed by atoms with Gasteiger partial charge in [-0.25, -0.2) is 29.9 Å². The molecule has 0 fully saturated rings. The first kappa shape index (κ1) is 80.2. The van der Waals surface area contributed by atoms with Crippen LogP contribution in [0.25, 0.3) is 188 Å². The summed E-state index contributed by atoms with van der Waals surface area (Å²) < 4.78 is 152. The molecule has 0 saturated heterocycles. The van der Waals surface area contributed by atoms with E-state index in [0.29, 0.717) is 56.7 Å². The molecule has 0 amide bonds. The van der Waals surface area contributed by atoms with Crippen molar-refractivity contribution in [3.63, 3.8) is 0 Å². The monoisotopic (exact) mass is 1670 g/mol. The predicted octanol–water partition coefficient (Wildman–Crippen LogP) is 25.5. The fourth-order valence-electron chi connectivity index (χ4n) is 15.7. The van der Waals surface area contributed by atoms with Gasteiger partial charge in [0.25, 0.3) is 0 Å². The van der Waals surface area contributed by atoms with Crippen LogP contribution in [0.5, 0.6) is 5.75 Å². The molecule has 0 aliphatic carbocycles. The van der Waals surface area contributed by atoms with E-state index in [9.17, 15) is 58.0 Å². The standard InChI is InChI=1S/C49H31N3.C35H20F9N3O3S.C18H13BO2/c1-3-14-34(15-4-1)47-50-48(35-16-5-2-6-17-35)52-49(51-47)36-25-23-33(24-26-36)46-38-18-8-7-13-32(38)27-29-39(46)37-28-30-44-42-21-10-9-19-40(42)41-20-11-12-22-43(41)45(44)31-37;36-32(37,34(40,41)42)33(38,39)35(43,44)51(48,49)50-27-20-19-21-9-7-8-14-26(21)28(27)22-15-17-25(18-16-22)31-46-29(23-10-3-1-4-11-23)45-30(47-31)24-12-5-2-6-13-24;20-19(21)12-9-10-17-15-7-2-1-5-13(15)14-6-3-4-8-16(14)18(17)11-12/h1-31H;1-20H;1-11,20-21H. The Balaban J connectivity index is 0.000000137. The molecule has 0 spiro atoms. The van der Waals surface area contributed by atoms with Gasteiger partial charge in [0.05, 0.1) is 0 Å². The highest BCUT2D eigenvalue weighted by Crippen LogP contribution is 2.56.